The fourth-order valence-electron chi connectivity index (χ4n) is 1.41. The van der Waals surface area contributed by atoms with Crippen molar-refractivity contribution in [1.29, 1.82) is 5.26 Å². The number of nitrogens with zero attached hydrogens (tertiary/aromatic N) is 4. The lowest BCUT2D eigenvalue weighted by Crippen LogP contribution is -2.15. The van der Waals surface area contributed by atoms with E-state index in [4.69, 9.17) is 16.9 Å². The Kier molecular flexibility index (Phi) is 3.86. The third-order valence-corrected chi connectivity index (χ3v) is 5.55. The van der Waals surface area contributed by atoms with Gasteiger partial charge in [0.1, 0.15) is 15.8 Å². The molecule has 12 heteroatoms. The number of anilines is 1. The molecule has 0 saturated heterocycles. The van der Waals surface area contributed by atoms with E-state index in [2.05, 4.69) is 9.82 Å². The van der Waals surface area contributed by atoms with Gasteiger partial charge in [0.15, 0.2) is 10.2 Å². The van der Waals surface area contributed by atoms with E-state index in [1.54, 1.807) is 6.07 Å². The van der Waals surface area contributed by atoms with E-state index in [0.717, 1.165) is 6.07 Å². The molecule has 2 aromatic heterocycles. The van der Waals surface area contributed by atoms with Crippen molar-refractivity contribution in [3.05, 3.63) is 32.3 Å². The van der Waals surface area contributed by atoms with Gasteiger partial charge in [0.25, 0.3) is 15.7 Å². The third-order valence-electron chi connectivity index (χ3n) is 2.40. The minimum atomic E-state index is -4.11. The van der Waals surface area contributed by atoms with Gasteiger partial charge >= 0.3 is 0 Å². The molecule has 0 fully saturated rings. The highest BCUT2D eigenvalue weighted by molar-refractivity contribution is 7.94. The first-order chi connectivity index (χ1) is 9.76. The molecule has 0 aliphatic rings. The number of nitrogens with one attached hydrogen (secondary N) is 1. The number of nitro groups is 1. The topological polar surface area (TPSA) is 131 Å². The maximum Gasteiger partial charge on any atom is 0.300 e. The van der Waals surface area contributed by atoms with Gasteiger partial charge in [-0.15, -0.1) is 11.3 Å². The molecule has 0 saturated carbocycles. The summed E-state index contributed by atoms with van der Waals surface area (Å²) in [6.45, 7) is 0. The van der Waals surface area contributed by atoms with Crippen LogP contribution in [0.5, 0.6) is 0 Å². The van der Waals surface area contributed by atoms with E-state index in [0.29, 0.717) is 11.3 Å². The largest absolute Gasteiger partial charge is 0.300 e. The summed E-state index contributed by atoms with van der Waals surface area (Å²) in [5, 5.41) is 23.3. The molecular weight excluding hydrogens is 342 g/mol. The first kappa shape index (κ1) is 15.2. The van der Waals surface area contributed by atoms with Crippen molar-refractivity contribution < 1.29 is 13.3 Å². The highest BCUT2D eigenvalue weighted by Gasteiger charge is 2.26. The molecule has 0 radical (unpaired) electrons. The monoisotopic (exact) mass is 347 g/mol. The molecule has 0 aliphatic heterocycles. The van der Waals surface area contributed by atoms with Crippen LogP contribution in [0.1, 0.15) is 5.56 Å². The highest BCUT2D eigenvalue weighted by atomic mass is 35.5. The number of halogens is 1. The molecule has 0 amide bonds. The van der Waals surface area contributed by atoms with Crippen LogP contribution in [0.2, 0.25) is 4.34 Å². The van der Waals surface area contributed by atoms with Crippen LogP contribution in [-0.2, 0) is 17.1 Å². The lowest BCUT2D eigenvalue weighted by atomic mass is 10.4. The molecule has 0 spiro atoms. The molecule has 0 bridgehead atoms. The second kappa shape index (κ2) is 5.32. The zero-order chi connectivity index (χ0) is 15.8. The number of hydrogen-bond donors (Lipinski definition) is 1. The van der Waals surface area contributed by atoms with E-state index in [1.165, 1.54) is 17.9 Å². The van der Waals surface area contributed by atoms with Gasteiger partial charge < -0.3 is 0 Å². The zero-order valence-corrected chi connectivity index (χ0v) is 12.7. The zero-order valence-electron chi connectivity index (χ0n) is 10.3. The van der Waals surface area contributed by atoms with Crippen molar-refractivity contribution in [2.75, 3.05) is 4.72 Å². The fourth-order valence-corrected chi connectivity index (χ4v) is 4.19. The van der Waals surface area contributed by atoms with Gasteiger partial charge in [-0.2, -0.15) is 10.4 Å². The van der Waals surface area contributed by atoms with Gasteiger partial charge in [0, 0.05) is 13.1 Å². The second-order valence-electron chi connectivity index (χ2n) is 3.73. The number of sulfonamides is 1. The maximum atomic E-state index is 12.2. The van der Waals surface area contributed by atoms with Gasteiger partial charge in [-0.05, 0) is 0 Å². The van der Waals surface area contributed by atoms with Crippen LogP contribution in [0.3, 0.4) is 0 Å². The summed E-state index contributed by atoms with van der Waals surface area (Å²) in [6, 6.07) is 2.64. The Labute approximate surface area is 127 Å². The number of aromatic nitrogens is 2. The minimum Gasteiger partial charge on any atom is -0.262 e. The van der Waals surface area contributed by atoms with Crippen molar-refractivity contribution >= 4 is 44.5 Å². The lowest BCUT2D eigenvalue weighted by Gasteiger charge is -2.06. The van der Waals surface area contributed by atoms with Crippen molar-refractivity contribution in [3.63, 3.8) is 0 Å². The summed E-state index contributed by atoms with van der Waals surface area (Å²) in [7, 11) is -2.66. The predicted molar refractivity (Wildman–Crippen MR) is 74.7 cm³/mol. The Bertz CT molecular complexity index is 863. The SMILES string of the molecule is Cn1ncc(C#N)c1NS(=O)(=O)c1cc([N+](=O)[O-])c(Cl)s1. The first-order valence-electron chi connectivity index (χ1n) is 5.15. The van der Waals surface area contributed by atoms with Crippen LogP contribution in [0, 0.1) is 21.4 Å². The van der Waals surface area contributed by atoms with Crippen LogP contribution in [0.25, 0.3) is 0 Å². The number of thiophene rings is 1. The molecular formula is C9H6ClN5O4S2. The van der Waals surface area contributed by atoms with E-state index < -0.39 is 20.6 Å². The number of rotatable bonds is 4. The standard InChI is InChI=1S/C9H6ClN5O4S2/c1-14-9(5(3-11)4-12-14)13-21(18,19)7-2-6(15(16)17)8(10)20-7/h2,4,13H,1H3. The van der Waals surface area contributed by atoms with Gasteiger partial charge in [-0.25, -0.2) is 8.42 Å². The summed E-state index contributed by atoms with van der Waals surface area (Å²) in [5.74, 6) is -0.0373. The third kappa shape index (κ3) is 2.82. The van der Waals surface area contributed by atoms with Crippen molar-refractivity contribution in [1.82, 2.24) is 9.78 Å². The maximum absolute atomic E-state index is 12.2. The Morgan fingerprint density at radius 2 is 2.29 bits per heavy atom. The number of aryl methyl sites for hydroxylation is 1. The number of nitriles is 1. The molecule has 0 unspecified atom stereocenters. The predicted octanol–water partition coefficient (Wildman–Crippen LogP) is 1.72. The molecule has 21 heavy (non-hydrogen) atoms. The Morgan fingerprint density at radius 1 is 1.62 bits per heavy atom. The fraction of sp³-hybridized carbons (Fsp3) is 0.111. The van der Waals surface area contributed by atoms with E-state index in [1.807, 2.05) is 0 Å². The molecule has 2 aromatic rings. The second-order valence-corrected chi connectivity index (χ2v) is 7.29. The van der Waals surface area contributed by atoms with E-state index in [-0.39, 0.29) is 19.9 Å². The van der Waals surface area contributed by atoms with E-state index in [9.17, 15) is 18.5 Å². The Balaban J connectivity index is 2.44. The van der Waals surface area contributed by atoms with Crippen molar-refractivity contribution in [2.45, 2.75) is 4.21 Å². The molecule has 2 heterocycles. The average molecular weight is 348 g/mol. The van der Waals surface area contributed by atoms with Crippen LogP contribution in [0.15, 0.2) is 16.5 Å². The van der Waals surface area contributed by atoms with Gasteiger partial charge in [-0.1, -0.05) is 11.6 Å². The summed E-state index contributed by atoms with van der Waals surface area (Å²) in [5.41, 5.74) is -0.467. The molecule has 0 aliphatic carbocycles. The van der Waals surface area contributed by atoms with Gasteiger partial charge in [-0.3, -0.25) is 19.5 Å². The Morgan fingerprint density at radius 3 is 2.81 bits per heavy atom. The molecule has 1 N–H and O–H groups in total. The van der Waals surface area contributed by atoms with E-state index >= 15 is 0 Å². The van der Waals surface area contributed by atoms with Crippen LogP contribution in [-0.4, -0.2) is 23.1 Å². The highest BCUT2D eigenvalue weighted by Crippen LogP contribution is 2.36. The van der Waals surface area contributed by atoms with Crippen LogP contribution in [0.4, 0.5) is 11.5 Å². The normalized spacial score (nSPS) is 11.1. The van der Waals surface area contributed by atoms with Crippen molar-refractivity contribution in [3.8, 4) is 6.07 Å². The van der Waals surface area contributed by atoms with Crippen molar-refractivity contribution in [2.24, 2.45) is 7.05 Å². The summed E-state index contributed by atoms with van der Waals surface area (Å²) in [6.07, 6.45) is 1.20. The Hall–Kier alpha value is -2.16. The smallest absolute Gasteiger partial charge is 0.262 e. The summed E-state index contributed by atoms with van der Waals surface area (Å²) < 4.78 is 27.1. The molecule has 110 valence electrons. The van der Waals surface area contributed by atoms with Gasteiger partial charge in [0.05, 0.1) is 11.1 Å². The molecule has 2 rings (SSSR count). The molecule has 9 nitrogen and oxygen atoms in total. The summed E-state index contributed by atoms with van der Waals surface area (Å²) in [4.78, 5) is 9.91. The van der Waals surface area contributed by atoms with Gasteiger partial charge in [0.2, 0.25) is 0 Å². The molecule has 0 atom stereocenters. The number of hydrogen-bond acceptors (Lipinski definition) is 7. The lowest BCUT2D eigenvalue weighted by molar-refractivity contribution is -0.384. The summed E-state index contributed by atoms with van der Waals surface area (Å²) >= 11 is 6.18. The first-order valence-corrected chi connectivity index (χ1v) is 7.82. The quantitative estimate of drug-likeness (QED) is 0.661. The molecule has 0 aromatic carbocycles. The van der Waals surface area contributed by atoms with Crippen LogP contribution < -0.4 is 4.72 Å². The average Bonchev–Trinajstić information content (AvgIpc) is 2.94. The minimum absolute atomic E-state index is 0.0261. The van der Waals surface area contributed by atoms with Crippen LogP contribution >= 0.6 is 22.9 Å².